The molecule has 0 heterocycles. The summed E-state index contributed by atoms with van der Waals surface area (Å²) >= 11 is 1.56. The van der Waals surface area contributed by atoms with E-state index in [0.29, 0.717) is 6.61 Å². The van der Waals surface area contributed by atoms with Gasteiger partial charge in [-0.2, -0.15) is 11.8 Å². The molecule has 0 saturated carbocycles. The SMILES string of the molecule is B[C@@H](C)OC[C@@H](COP(=O)(OC)OOC)SC. The molecule has 1 unspecified atom stereocenters. The number of thioether (sulfide) groups is 1. The first-order valence-electron chi connectivity index (χ1n) is 5.14. The van der Waals surface area contributed by atoms with Crippen molar-refractivity contribution >= 4 is 27.4 Å². The van der Waals surface area contributed by atoms with Crippen LogP contribution in [0.3, 0.4) is 0 Å². The lowest BCUT2D eigenvalue weighted by Gasteiger charge is -2.19. The topological polar surface area (TPSA) is 63.2 Å². The summed E-state index contributed by atoms with van der Waals surface area (Å²) in [5, 5.41) is 0.0568. The second kappa shape index (κ2) is 9.38. The average molecular weight is 286 g/mol. The first-order valence-corrected chi connectivity index (χ1v) is 7.89. The molecular formula is C8H20BO6PS. The van der Waals surface area contributed by atoms with Gasteiger partial charge in [0.15, 0.2) is 0 Å². The minimum Gasteiger partial charge on any atom is -0.386 e. The van der Waals surface area contributed by atoms with Crippen molar-refractivity contribution in [2.45, 2.75) is 18.2 Å². The summed E-state index contributed by atoms with van der Waals surface area (Å²) in [6, 6.07) is 0.147. The molecule has 0 N–H and O–H groups in total. The number of phosphoric ester groups is 1. The Labute approximate surface area is 108 Å². The summed E-state index contributed by atoms with van der Waals surface area (Å²) in [4.78, 5) is 4.31. The van der Waals surface area contributed by atoms with E-state index in [0.717, 1.165) is 0 Å². The molecule has 17 heavy (non-hydrogen) atoms. The Hall–Kier alpha value is 0.445. The molecule has 0 bridgehead atoms. The number of hydrogen-bond donors (Lipinski definition) is 0. The fraction of sp³-hybridized carbons (Fsp3) is 1.00. The quantitative estimate of drug-likeness (QED) is 0.257. The van der Waals surface area contributed by atoms with E-state index in [1.165, 1.54) is 14.2 Å². The second-order valence-electron chi connectivity index (χ2n) is 3.41. The Kier molecular flexibility index (Phi) is 9.63. The lowest BCUT2D eigenvalue weighted by molar-refractivity contribution is -0.200. The second-order valence-corrected chi connectivity index (χ2v) is 6.21. The Bertz CT molecular complexity index is 242. The molecule has 0 amide bonds. The van der Waals surface area contributed by atoms with Gasteiger partial charge in [0.05, 0.1) is 25.6 Å². The third-order valence-corrected chi connectivity index (χ3v) is 3.94. The van der Waals surface area contributed by atoms with E-state index in [-0.39, 0.29) is 17.9 Å². The van der Waals surface area contributed by atoms with E-state index in [1.54, 1.807) is 11.8 Å². The van der Waals surface area contributed by atoms with E-state index in [4.69, 9.17) is 9.26 Å². The molecule has 0 aromatic rings. The highest BCUT2D eigenvalue weighted by Gasteiger charge is 2.27. The lowest BCUT2D eigenvalue weighted by Crippen LogP contribution is -2.22. The van der Waals surface area contributed by atoms with Crippen LogP contribution < -0.4 is 0 Å². The van der Waals surface area contributed by atoms with Crippen molar-refractivity contribution in [3.05, 3.63) is 0 Å². The Balaban J connectivity index is 4.07. The van der Waals surface area contributed by atoms with E-state index >= 15 is 0 Å². The first-order chi connectivity index (χ1) is 7.97. The van der Waals surface area contributed by atoms with Crippen LogP contribution in [-0.4, -0.2) is 52.8 Å². The summed E-state index contributed by atoms with van der Waals surface area (Å²) in [6.07, 6.45) is 1.92. The van der Waals surface area contributed by atoms with E-state index in [2.05, 4.69) is 14.1 Å². The summed E-state index contributed by atoms with van der Waals surface area (Å²) < 4.78 is 31.3. The van der Waals surface area contributed by atoms with Crippen molar-refractivity contribution in [2.75, 3.05) is 33.7 Å². The Morgan fingerprint density at radius 1 is 1.35 bits per heavy atom. The predicted molar refractivity (Wildman–Crippen MR) is 69.9 cm³/mol. The van der Waals surface area contributed by atoms with E-state index in [9.17, 15) is 4.57 Å². The van der Waals surface area contributed by atoms with Crippen LogP contribution in [0.2, 0.25) is 0 Å². The van der Waals surface area contributed by atoms with Gasteiger partial charge in [0, 0.05) is 13.1 Å². The van der Waals surface area contributed by atoms with Gasteiger partial charge >= 0.3 is 7.82 Å². The molecule has 0 aromatic carbocycles. The summed E-state index contributed by atoms with van der Waals surface area (Å²) in [6.45, 7) is 2.66. The zero-order chi connectivity index (χ0) is 13.3. The predicted octanol–water partition coefficient (Wildman–Crippen LogP) is 1.06. The van der Waals surface area contributed by atoms with E-state index < -0.39 is 7.82 Å². The molecule has 0 aliphatic rings. The molecule has 102 valence electrons. The van der Waals surface area contributed by atoms with Crippen molar-refractivity contribution in [3.63, 3.8) is 0 Å². The maximum atomic E-state index is 11.7. The van der Waals surface area contributed by atoms with Gasteiger partial charge in [0.2, 0.25) is 0 Å². The Morgan fingerprint density at radius 2 is 2.00 bits per heavy atom. The first kappa shape index (κ1) is 17.4. The van der Waals surface area contributed by atoms with Crippen LogP contribution in [0, 0.1) is 0 Å². The number of phosphoric acid groups is 1. The number of hydrogen-bond acceptors (Lipinski definition) is 7. The van der Waals surface area contributed by atoms with Crippen molar-refractivity contribution in [2.24, 2.45) is 0 Å². The molecule has 0 aliphatic carbocycles. The minimum atomic E-state index is -3.61. The van der Waals surface area contributed by atoms with Gasteiger partial charge in [-0.1, -0.05) is 0 Å². The fourth-order valence-corrected chi connectivity index (χ4v) is 2.13. The molecule has 0 aliphatic heterocycles. The fourth-order valence-electron chi connectivity index (χ4n) is 0.854. The number of ether oxygens (including phenoxy) is 1. The lowest BCUT2D eigenvalue weighted by atomic mass is 10.0. The van der Waals surface area contributed by atoms with Gasteiger partial charge in [-0.25, -0.2) is 9.45 Å². The molecule has 0 rings (SSSR count). The van der Waals surface area contributed by atoms with Crippen molar-refractivity contribution in [1.82, 2.24) is 0 Å². The van der Waals surface area contributed by atoms with Crippen molar-refractivity contribution in [3.8, 4) is 0 Å². The van der Waals surface area contributed by atoms with Gasteiger partial charge in [-0.05, 0) is 13.2 Å². The van der Waals surface area contributed by atoms with Gasteiger partial charge in [-0.15, -0.1) is 4.67 Å². The highest BCUT2D eigenvalue weighted by Crippen LogP contribution is 2.48. The van der Waals surface area contributed by atoms with Crippen LogP contribution in [0.4, 0.5) is 0 Å². The van der Waals surface area contributed by atoms with Crippen LogP contribution in [-0.2, 0) is 27.9 Å². The van der Waals surface area contributed by atoms with E-state index in [1.807, 2.05) is 21.0 Å². The van der Waals surface area contributed by atoms with Crippen molar-refractivity contribution < 1.29 is 27.9 Å². The molecule has 0 saturated heterocycles. The van der Waals surface area contributed by atoms with Crippen LogP contribution >= 0.6 is 19.6 Å². The summed E-state index contributed by atoms with van der Waals surface area (Å²) in [5.74, 6) is 0. The van der Waals surface area contributed by atoms with Crippen LogP contribution in [0.25, 0.3) is 0 Å². The van der Waals surface area contributed by atoms with Crippen molar-refractivity contribution in [1.29, 1.82) is 0 Å². The maximum Gasteiger partial charge on any atom is 0.501 e. The summed E-state index contributed by atoms with van der Waals surface area (Å²) in [5.41, 5.74) is 0. The molecule has 0 aromatic heterocycles. The molecule has 3 atom stereocenters. The zero-order valence-electron chi connectivity index (χ0n) is 10.9. The third kappa shape index (κ3) is 8.21. The Morgan fingerprint density at radius 3 is 2.41 bits per heavy atom. The highest BCUT2D eigenvalue weighted by molar-refractivity contribution is 7.99. The van der Waals surface area contributed by atoms with Crippen LogP contribution in [0.1, 0.15) is 6.92 Å². The zero-order valence-corrected chi connectivity index (χ0v) is 12.6. The van der Waals surface area contributed by atoms with Crippen LogP contribution in [0.15, 0.2) is 0 Å². The maximum absolute atomic E-state index is 11.7. The molecule has 0 fully saturated rings. The highest BCUT2D eigenvalue weighted by atomic mass is 32.2. The molecule has 0 radical (unpaired) electrons. The summed E-state index contributed by atoms with van der Waals surface area (Å²) in [7, 11) is 0.819. The van der Waals surface area contributed by atoms with Crippen LogP contribution in [0.5, 0.6) is 0 Å². The largest absolute Gasteiger partial charge is 0.501 e. The molecular weight excluding hydrogens is 266 g/mol. The normalized spacial score (nSPS) is 18.6. The van der Waals surface area contributed by atoms with Gasteiger partial charge in [-0.3, -0.25) is 9.05 Å². The number of rotatable bonds is 10. The molecule has 9 heteroatoms. The van der Waals surface area contributed by atoms with Gasteiger partial charge < -0.3 is 4.74 Å². The molecule has 0 spiro atoms. The standard InChI is InChI=1S/C8H20BO6PS/c1-7(9)13-5-8(17-4)6-14-16(10,12-3)15-11-2/h7-8H,5-6,9H2,1-4H3/t7-,8+,16?/m1/s1. The molecule has 6 nitrogen and oxygen atoms in total. The monoisotopic (exact) mass is 286 g/mol. The minimum absolute atomic E-state index is 0.0568. The van der Waals surface area contributed by atoms with Gasteiger partial charge in [0.1, 0.15) is 7.85 Å². The smallest absolute Gasteiger partial charge is 0.386 e. The third-order valence-electron chi connectivity index (χ3n) is 1.76. The van der Waals surface area contributed by atoms with Gasteiger partial charge in [0.25, 0.3) is 0 Å². The average Bonchev–Trinajstić information content (AvgIpc) is 2.29.